The Hall–Kier alpha value is -0.470. The van der Waals surface area contributed by atoms with Crippen molar-refractivity contribution in [2.24, 2.45) is 4.99 Å². The zero-order chi connectivity index (χ0) is 15.6. The Morgan fingerprint density at radius 3 is 2.57 bits per heavy atom. The number of hydrogen-bond donors (Lipinski definition) is 2. The van der Waals surface area contributed by atoms with E-state index in [-0.39, 0.29) is 5.75 Å². The summed E-state index contributed by atoms with van der Waals surface area (Å²) in [5, 5.41) is 6.24. The quantitative estimate of drug-likeness (QED) is 0.388. The van der Waals surface area contributed by atoms with Crippen molar-refractivity contribution < 1.29 is 8.42 Å². The van der Waals surface area contributed by atoms with Crippen LogP contribution in [0, 0.1) is 0 Å². The molecule has 0 bridgehead atoms. The molecule has 0 unspecified atom stereocenters. The number of guanidine groups is 1. The van der Waals surface area contributed by atoms with Crippen LogP contribution in [0.15, 0.2) is 4.99 Å². The second-order valence-corrected chi connectivity index (χ2v) is 8.18. The number of rotatable bonds is 8. The average Bonchev–Trinajstić information content (AvgIpc) is 2.48. The van der Waals surface area contributed by atoms with Crippen molar-refractivity contribution in [3.63, 3.8) is 0 Å². The molecule has 1 saturated heterocycles. The van der Waals surface area contributed by atoms with Gasteiger partial charge in [-0.25, -0.2) is 12.7 Å². The van der Waals surface area contributed by atoms with Gasteiger partial charge >= 0.3 is 0 Å². The Kier molecular flexibility index (Phi) is 9.10. The fraction of sp³-hybridized carbons (Fsp3) is 0.923. The molecule has 0 aromatic rings. The molecule has 1 fully saturated rings. The highest BCUT2D eigenvalue weighted by Gasteiger charge is 2.23. The van der Waals surface area contributed by atoms with Crippen molar-refractivity contribution in [2.75, 3.05) is 50.0 Å². The number of aliphatic imine (C=N–C) groups is 1. The lowest BCUT2D eigenvalue weighted by Gasteiger charge is -2.25. The molecule has 21 heavy (non-hydrogen) atoms. The molecule has 0 radical (unpaired) electrons. The van der Waals surface area contributed by atoms with E-state index in [9.17, 15) is 8.42 Å². The zero-order valence-corrected chi connectivity index (χ0v) is 14.7. The first-order chi connectivity index (χ1) is 10.1. The molecule has 1 aliphatic heterocycles. The molecule has 1 aliphatic rings. The Balaban J connectivity index is 2.39. The molecular formula is C13H28N4O2S2. The monoisotopic (exact) mass is 336 g/mol. The molecular weight excluding hydrogens is 308 g/mol. The van der Waals surface area contributed by atoms with E-state index in [0.29, 0.717) is 25.6 Å². The molecule has 8 heteroatoms. The third-order valence-electron chi connectivity index (χ3n) is 3.14. The molecule has 0 aliphatic carbocycles. The van der Waals surface area contributed by atoms with Gasteiger partial charge in [0.2, 0.25) is 10.0 Å². The van der Waals surface area contributed by atoms with E-state index < -0.39 is 10.0 Å². The second-order valence-electron chi connectivity index (χ2n) is 4.87. The van der Waals surface area contributed by atoms with E-state index in [1.807, 2.05) is 18.7 Å². The lowest BCUT2D eigenvalue weighted by molar-refractivity contribution is 0.443. The predicted octanol–water partition coefficient (Wildman–Crippen LogP) is 0.720. The zero-order valence-electron chi connectivity index (χ0n) is 13.1. The first kappa shape index (κ1) is 18.6. The lowest BCUT2D eigenvalue weighted by Crippen LogP contribution is -2.44. The summed E-state index contributed by atoms with van der Waals surface area (Å²) in [4.78, 5) is 4.42. The van der Waals surface area contributed by atoms with Gasteiger partial charge in [-0.2, -0.15) is 11.8 Å². The number of unbranched alkanes of at least 4 members (excludes halogenated alkanes) is 1. The van der Waals surface area contributed by atoms with Crippen molar-refractivity contribution in [1.82, 2.24) is 14.9 Å². The third kappa shape index (κ3) is 7.37. The largest absolute Gasteiger partial charge is 0.357 e. The summed E-state index contributed by atoms with van der Waals surface area (Å²) < 4.78 is 26.0. The van der Waals surface area contributed by atoms with Gasteiger partial charge in [0.15, 0.2) is 5.96 Å². The lowest BCUT2D eigenvalue weighted by atomic mass is 10.3. The van der Waals surface area contributed by atoms with Gasteiger partial charge in [0, 0.05) is 44.2 Å². The van der Waals surface area contributed by atoms with Gasteiger partial charge in [-0.05, 0) is 13.3 Å². The van der Waals surface area contributed by atoms with Crippen molar-refractivity contribution in [1.29, 1.82) is 0 Å². The second kappa shape index (κ2) is 10.3. The van der Waals surface area contributed by atoms with Gasteiger partial charge in [0.1, 0.15) is 0 Å². The molecule has 0 atom stereocenters. The highest BCUT2D eigenvalue weighted by atomic mass is 32.2. The van der Waals surface area contributed by atoms with Crippen LogP contribution in [0.25, 0.3) is 0 Å². The number of hydrogen-bond acceptors (Lipinski definition) is 4. The standard InChI is InChI=1S/C13H28N4O2S2/c1-3-5-6-15-13(14-4-2)16-7-12-21(18,19)17-8-10-20-11-9-17/h3-12H2,1-2H3,(H2,14,15,16). The summed E-state index contributed by atoms with van der Waals surface area (Å²) in [5.41, 5.74) is 0. The van der Waals surface area contributed by atoms with Crippen LogP contribution >= 0.6 is 11.8 Å². The van der Waals surface area contributed by atoms with E-state index >= 15 is 0 Å². The number of nitrogens with zero attached hydrogens (tertiary/aromatic N) is 2. The SMILES string of the molecule is CCCCN=C(NCC)NCCS(=O)(=O)N1CCSCC1. The van der Waals surface area contributed by atoms with Gasteiger partial charge in [0.25, 0.3) is 0 Å². The summed E-state index contributed by atoms with van der Waals surface area (Å²) in [6.07, 6.45) is 2.14. The summed E-state index contributed by atoms with van der Waals surface area (Å²) in [5.74, 6) is 2.62. The first-order valence-corrected chi connectivity index (χ1v) is 10.4. The fourth-order valence-electron chi connectivity index (χ4n) is 1.94. The highest BCUT2D eigenvalue weighted by Crippen LogP contribution is 2.12. The number of sulfonamides is 1. The fourth-order valence-corrected chi connectivity index (χ4v) is 4.43. The molecule has 0 aromatic heterocycles. The Morgan fingerprint density at radius 2 is 1.95 bits per heavy atom. The Morgan fingerprint density at radius 1 is 1.24 bits per heavy atom. The predicted molar refractivity (Wildman–Crippen MR) is 91.6 cm³/mol. The topological polar surface area (TPSA) is 73.8 Å². The van der Waals surface area contributed by atoms with Crippen LogP contribution in [0.5, 0.6) is 0 Å². The third-order valence-corrected chi connectivity index (χ3v) is 5.96. The summed E-state index contributed by atoms with van der Waals surface area (Å²) in [6, 6.07) is 0. The first-order valence-electron chi connectivity index (χ1n) is 7.68. The van der Waals surface area contributed by atoms with Crippen LogP contribution in [0.3, 0.4) is 0 Å². The maximum Gasteiger partial charge on any atom is 0.215 e. The molecule has 1 heterocycles. The van der Waals surface area contributed by atoms with Crippen LogP contribution in [0.1, 0.15) is 26.7 Å². The summed E-state index contributed by atoms with van der Waals surface area (Å²) in [6.45, 7) is 7.33. The minimum atomic E-state index is -3.14. The van der Waals surface area contributed by atoms with Gasteiger partial charge in [-0.15, -0.1) is 0 Å². The van der Waals surface area contributed by atoms with E-state index in [2.05, 4.69) is 22.5 Å². The Labute approximate surface area is 133 Å². The number of thioether (sulfide) groups is 1. The smallest absolute Gasteiger partial charge is 0.215 e. The van der Waals surface area contributed by atoms with Gasteiger partial charge in [-0.3, -0.25) is 4.99 Å². The van der Waals surface area contributed by atoms with Crippen LogP contribution in [0.4, 0.5) is 0 Å². The van der Waals surface area contributed by atoms with E-state index in [1.54, 1.807) is 4.31 Å². The highest BCUT2D eigenvalue weighted by molar-refractivity contribution is 7.99. The minimum absolute atomic E-state index is 0.121. The molecule has 0 aromatic carbocycles. The Bertz CT molecular complexity index is 406. The molecule has 0 amide bonds. The molecule has 6 nitrogen and oxygen atoms in total. The maximum absolute atomic E-state index is 12.2. The van der Waals surface area contributed by atoms with E-state index in [0.717, 1.165) is 37.4 Å². The van der Waals surface area contributed by atoms with Crippen molar-refractivity contribution in [3.05, 3.63) is 0 Å². The maximum atomic E-state index is 12.2. The molecule has 0 saturated carbocycles. The minimum Gasteiger partial charge on any atom is -0.357 e. The van der Waals surface area contributed by atoms with Crippen LogP contribution in [-0.4, -0.2) is 68.7 Å². The van der Waals surface area contributed by atoms with Crippen LogP contribution in [-0.2, 0) is 10.0 Å². The van der Waals surface area contributed by atoms with E-state index in [4.69, 9.17) is 0 Å². The summed E-state index contributed by atoms with van der Waals surface area (Å²) in [7, 11) is -3.14. The average molecular weight is 337 g/mol. The van der Waals surface area contributed by atoms with E-state index in [1.165, 1.54) is 0 Å². The molecule has 1 rings (SSSR count). The van der Waals surface area contributed by atoms with Crippen molar-refractivity contribution in [2.45, 2.75) is 26.7 Å². The number of nitrogens with one attached hydrogen (secondary N) is 2. The van der Waals surface area contributed by atoms with Crippen LogP contribution < -0.4 is 10.6 Å². The van der Waals surface area contributed by atoms with Crippen LogP contribution in [0.2, 0.25) is 0 Å². The molecule has 2 N–H and O–H groups in total. The van der Waals surface area contributed by atoms with Gasteiger partial charge in [0.05, 0.1) is 5.75 Å². The van der Waals surface area contributed by atoms with Gasteiger partial charge in [-0.1, -0.05) is 13.3 Å². The van der Waals surface area contributed by atoms with Crippen molar-refractivity contribution in [3.8, 4) is 0 Å². The normalized spacial score (nSPS) is 17.7. The summed E-state index contributed by atoms with van der Waals surface area (Å²) >= 11 is 1.81. The molecule has 124 valence electrons. The van der Waals surface area contributed by atoms with Gasteiger partial charge < -0.3 is 10.6 Å². The molecule has 0 spiro atoms. The van der Waals surface area contributed by atoms with Crippen molar-refractivity contribution >= 4 is 27.7 Å².